The standard InChI is InChI=1S/C14H30O3Si/c1-10-18(15-8,16-9)17-14(11(2)3,12(4)5)13(6)7/h10-13H,1H2,2-9H3. The van der Waals surface area contributed by atoms with Crippen LogP contribution >= 0.6 is 0 Å². The smallest absolute Gasteiger partial charge is 0.374 e. The molecule has 0 aromatic rings. The lowest BCUT2D eigenvalue weighted by molar-refractivity contribution is -0.103. The first-order valence-electron chi connectivity index (χ1n) is 6.66. The first-order valence-corrected chi connectivity index (χ1v) is 8.46. The quantitative estimate of drug-likeness (QED) is 0.632. The maximum atomic E-state index is 6.43. The van der Waals surface area contributed by atoms with Crippen molar-refractivity contribution in [3.8, 4) is 0 Å². The molecule has 0 aliphatic rings. The van der Waals surface area contributed by atoms with Gasteiger partial charge in [-0.2, -0.15) is 0 Å². The Morgan fingerprint density at radius 2 is 1.22 bits per heavy atom. The summed E-state index contributed by atoms with van der Waals surface area (Å²) in [4.78, 5) is 0. The molecule has 0 aromatic heterocycles. The van der Waals surface area contributed by atoms with Gasteiger partial charge in [-0.3, -0.25) is 0 Å². The highest BCUT2D eigenvalue weighted by Gasteiger charge is 2.50. The van der Waals surface area contributed by atoms with Crippen molar-refractivity contribution in [2.45, 2.75) is 47.1 Å². The third-order valence-electron chi connectivity index (χ3n) is 3.85. The molecule has 0 aliphatic carbocycles. The van der Waals surface area contributed by atoms with E-state index in [1.54, 1.807) is 19.9 Å². The SMILES string of the molecule is C=C[Si](OC)(OC)OC(C(C)C)(C(C)C)C(C)C. The van der Waals surface area contributed by atoms with E-state index in [-0.39, 0.29) is 5.60 Å². The van der Waals surface area contributed by atoms with E-state index < -0.39 is 8.80 Å². The number of hydrogen-bond donors (Lipinski definition) is 0. The van der Waals surface area contributed by atoms with Crippen LogP contribution in [0, 0.1) is 17.8 Å². The van der Waals surface area contributed by atoms with Crippen LogP contribution in [-0.4, -0.2) is 28.6 Å². The predicted octanol–water partition coefficient (Wildman–Crippen LogP) is 3.67. The molecule has 0 aliphatic heterocycles. The summed E-state index contributed by atoms with van der Waals surface area (Å²) in [6.07, 6.45) is 0. The molecule has 0 saturated heterocycles. The largest absolute Gasteiger partial charge is 0.528 e. The molecule has 0 radical (unpaired) electrons. The summed E-state index contributed by atoms with van der Waals surface area (Å²) in [5.41, 5.74) is 1.43. The van der Waals surface area contributed by atoms with E-state index in [4.69, 9.17) is 13.3 Å². The summed E-state index contributed by atoms with van der Waals surface area (Å²) in [5.74, 6) is 1.11. The fourth-order valence-electron chi connectivity index (χ4n) is 2.97. The molecule has 0 N–H and O–H groups in total. The Bertz CT molecular complexity index is 236. The average molecular weight is 274 g/mol. The minimum Gasteiger partial charge on any atom is -0.374 e. The molecule has 0 fully saturated rings. The molecule has 108 valence electrons. The molecule has 18 heavy (non-hydrogen) atoms. The van der Waals surface area contributed by atoms with Crippen molar-refractivity contribution in [3.05, 3.63) is 12.3 Å². The van der Waals surface area contributed by atoms with Gasteiger partial charge < -0.3 is 13.3 Å². The van der Waals surface area contributed by atoms with Gasteiger partial charge in [0.2, 0.25) is 0 Å². The molecule has 0 bridgehead atoms. The second-order valence-corrected chi connectivity index (χ2v) is 8.27. The molecule has 0 aromatic carbocycles. The first kappa shape index (κ1) is 17.8. The van der Waals surface area contributed by atoms with Crippen LogP contribution in [0.3, 0.4) is 0 Å². The summed E-state index contributed by atoms with van der Waals surface area (Å²) < 4.78 is 17.5. The third-order valence-corrected chi connectivity index (χ3v) is 6.12. The van der Waals surface area contributed by atoms with Gasteiger partial charge in [0.05, 0.1) is 5.60 Å². The highest BCUT2D eigenvalue weighted by molar-refractivity contribution is 6.66. The van der Waals surface area contributed by atoms with Crippen LogP contribution in [0.15, 0.2) is 12.3 Å². The topological polar surface area (TPSA) is 27.7 Å². The normalized spacial score (nSPS) is 13.7. The van der Waals surface area contributed by atoms with Gasteiger partial charge in [-0.05, 0) is 23.5 Å². The Hall–Kier alpha value is -0.163. The zero-order chi connectivity index (χ0) is 14.6. The predicted molar refractivity (Wildman–Crippen MR) is 78.3 cm³/mol. The number of hydrogen-bond acceptors (Lipinski definition) is 3. The lowest BCUT2D eigenvalue weighted by Gasteiger charge is -2.48. The lowest BCUT2D eigenvalue weighted by atomic mass is 9.73. The lowest BCUT2D eigenvalue weighted by Crippen LogP contribution is -2.58. The highest BCUT2D eigenvalue weighted by atomic mass is 28.4. The van der Waals surface area contributed by atoms with Crippen LogP contribution in [0.1, 0.15) is 41.5 Å². The Labute approximate surface area is 114 Å². The molecule has 0 rings (SSSR count). The van der Waals surface area contributed by atoms with Crippen molar-refractivity contribution >= 4 is 8.80 Å². The van der Waals surface area contributed by atoms with Gasteiger partial charge in [0, 0.05) is 14.2 Å². The van der Waals surface area contributed by atoms with Crippen molar-refractivity contribution in [2.24, 2.45) is 17.8 Å². The maximum absolute atomic E-state index is 6.43. The van der Waals surface area contributed by atoms with Gasteiger partial charge in [0.25, 0.3) is 0 Å². The van der Waals surface area contributed by atoms with Crippen molar-refractivity contribution in [1.29, 1.82) is 0 Å². The van der Waals surface area contributed by atoms with Crippen LogP contribution in [0.25, 0.3) is 0 Å². The second-order valence-electron chi connectivity index (χ2n) is 5.64. The average Bonchev–Trinajstić information content (AvgIpc) is 2.30. The molecule has 0 amide bonds. The van der Waals surface area contributed by atoms with Crippen LogP contribution in [0.2, 0.25) is 0 Å². The molecule has 0 saturated carbocycles. The summed E-state index contributed by atoms with van der Waals surface area (Å²) >= 11 is 0. The molecule has 0 unspecified atom stereocenters. The molecule has 0 atom stereocenters. The second kappa shape index (κ2) is 6.85. The Morgan fingerprint density at radius 3 is 1.39 bits per heavy atom. The molecular formula is C14H30O3Si. The van der Waals surface area contributed by atoms with Crippen LogP contribution in [-0.2, 0) is 13.3 Å². The molecule has 4 heteroatoms. The van der Waals surface area contributed by atoms with Gasteiger partial charge in [-0.1, -0.05) is 48.1 Å². The van der Waals surface area contributed by atoms with Crippen molar-refractivity contribution in [1.82, 2.24) is 0 Å². The first-order chi connectivity index (χ1) is 8.22. The van der Waals surface area contributed by atoms with E-state index in [0.717, 1.165) is 0 Å². The van der Waals surface area contributed by atoms with Gasteiger partial charge >= 0.3 is 8.80 Å². The fourth-order valence-corrected chi connectivity index (χ4v) is 4.92. The fraction of sp³-hybridized carbons (Fsp3) is 0.857. The summed E-state index contributed by atoms with van der Waals surface area (Å²) in [7, 11) is 0.479. The minimum absolute atomic E-state index is 0.271. The third kappa shape index (κ3) is 3.23. The van der Waals surface area contributed by atoms with Gasteiger partial charge in [0.1, 0.15) is 0 Å². The zero-order valence-corrected chi connectivity index (χ0v) is 14.2. The van der Waals surface area contributed by atoms with Crippen molar-refractivity contribution < 1.29 is 13.3 Å². The summed E-state index contributed by atoms with van der Waals surface area (Å²) in [6, 6.07) is 0. The van der Waals surface area contributed by atoms with E-state index in [0.29, 0.717) is 17.8 Å². The molecule has 0 heterocycles. The van der Waals surface area contributed by atoms with Crippen LogP contribution < -0.4 is 0 Å². The van der Waals surface area contributed by atoms with Crippen molar-refractivity contribution in [2.75, 3.05) is 14.2 Å². The van der Waals surface area contributed by atoms with Crippen LogP contribution in [0.4, 0.5) is 0 Å². The van der Waals surface area contributed by atoms with E-state index >= 15 is 0 Å². The Kier molecular flexibility index (Phi) is 6.78. The Balaban J connectivity index is 5.53. The monoisotopic (exact) mass is 274 g/mol. The maximum Gasteiger partial charge on any atom is 0.528 e. The summed E-state index contributed by atoms with van der Waals surface area (Å²) in [5, 5.41) is 0. The van der Waals surface area contributed by atoms with E-state index in [9.17, 15) is 0 Å². The van der Waals surface area contributed by atoms with Crippen molar-refractivity contribution in [3.63, 3.8) is 0 Å². The van der Waals surface area contributed by atoms with E-state index in [1.165, 1.54) is 0 Å². The number of rotatable bonds is 8. The summed E-state index contributed by atoms with van der Waals surface area (Å²) in [6.45, 7) is 17.0. The Morgan fingerprint density at radius 1 is 0.889 bits per heavy atom. The van der Waals surface area contributed by atoms with E-state index in [1.807, 2.05) is 0 Å². The van der Waals surface area contributed by atoms with Gasteiger partial charge in [-0.15, -0.1) is 0 Å². The molecule has 0 spiro atoms. The molecular weight excluding hydrogens is 244 g/mol. The minimum atomic E-state index is -2.78. The molecule has 3 nitrogen and oxygen atoms in total. The zero-order valence-electron chi connectivity index (χ0n) is 13.2. The van der Waals surface area contributed by atoms with E-state index in [2.05, 4.69) is 48.1 Å². The highest BCUT2D eigenvalue weighted by Crippen LogP contribution is 2.40. The van der Waals surface area contributed by atoms with Gasteiger partial charge in [0.15, 0.2) is 0 Å². The van der Waals surface area contributed by atoms with Crippen LogP contribution in [0.5, 0.6) is 0 Å². The van der Waals surface area contributed by atoms with Gasteiger partial charge in [-0.25, -0.2) is 0 Å².